The van der Waals surface area contributed by atoms with E-state index < -0.39 is 5.41 Å². The standard InChI is InChI=1S/C25H21N5O3/c31-21-10-17-19(4-1-5-20(17)29-21)27-13-22(32)28-16-7-6-14-11-25(12-15(14)9-16)18-3-2-8-26-23(18)30-24(25)33/h1-9,27H,10-13H2,(H,28,32)(H,29,31)(H,26,30,33). The molecule has 3 aromatic rings. The molecule has 3 heterocycles. The number of nitrogens with one attached hydrogen (secondary N) is 4. The number of aromatic nitrogens is 1. The van der Waals surface area contributed by atoms with Crippen LogP contribution in [-0.2, 0) is 39.1 Å². The van der Waals surface area contributed by atoms with Gasteiger partial charge in [-0.25, -0.2) is 4.98 Å². The average Bonchev–Trinajstić information content (AvgIpc) is 3.45. The van der Waals surface area contributed by atoms with Gasteiger partial charge in [0.15, 0.2) is 0 Å². The molecule has 33 heavy (non-hydrogen) atoms. The Morgan fingerprint density at radius 2 is 1.91 bits per heavy atom. The molecule has 8 heteroatoms. The molecule has 2 aromatic carbocycles. The van der Waals surface area contributed by atoms with Gasteiger partial charge in [-0.05, 0) is 54.3 Å². The van der Waals surface area contributed by atoms with Crippen LogP contribution < -0.4 is 21.3 Å². The molecule has 3 amide bonds. The molecule has 0 fully saturated rings. The molecule has 1 aliphatic carbocycles. The summed E-state index contributed by atoms with van der Waals surface area (Å²) in [7, 11) is 0. The zero-order chi connectivity index (χ0) is 22.6. The maximum Gasteiger partial charge on any atom is 0.243 e. The normalized spacial score (nSPS) is 19.5. The number of rotatable bonds is 4. The third-order valence-electron chi connectivity index (χ3n) is 6.69. The van der Waals surface area contributed by atoms with E-state index in [0.717, 1.165) is 33.6 Å². The Labute approximate surface area is 189 Å². The summed E-state index contributed by atoms with van der Waals surface area (Å²) in [6, 6.07) is 15.2. The van der Waals surface area contributed by atoms with E-state index in [1.54, 1.807) is 6.20 Å². The van der Waals surface area contributed by atoms with E-state index in [9.17, 15) is 14.4 Å². The minimum atomic E-state index is -0.630. The highest BCUT2D eigenvalue weighted by Gasteiger charge is 2.51. The van der Waals surface area contributed by atoms with E-state index in [1.807, 2.05) is 48.5 Å². The Hall–Kier alpha value is -4.20. The number of carbonyl (C=O) groups is 3. The minimum Gasteiger partial charge on any atom is -0.376 e. The fraction of sp³-hybridized carbons (Fsp3) is 0.200. The summed E-state index contributed by atoms with van der Waals surface area (Å²) in [6.07, 6.45) is 3.18. The first-order valence-electron chi connectivity index (χ1n) is 10.9. The van der Waals surface area contributed by atoms with Crippen molar-refractivity contribution < 1.29 is 14.4 Å². The molecule has 8 nitrogen and oxygen atoms in total. The van der Waals surface area contributed by atoms with E-state index in [0.29, 0.717) is 30.8 Å². The van der Waals surface area contributed by atoms with Gasteiger partial charge in [-0.1, -0.05) is 18.2 Å². The number of hydrogen-bond donors (Lipinski definition) is 4. The lowest BCUT2D eigenvalue weighted by Gasteiger charge is -2.20. The first-order valence-corrected chi connectivity index (χ1v) is 10.9. The van der Waals surface area contributed by atoms with Crippen LogP contribution in [-0.4, -0.2) is 29.3 Å². The van der Waals surface area contributed by atoms with Gasteiger partial charge in [-0.3, -0.25) is 14.4 Å². The monoisotopic (exact) mass is 439 g/mol. The highest BCUT2D eigenvalue weighted by atomic mass is 16.2. The maximum absolute atomic E-state index is 12.9. The second-order valence-electron chi connectivity index (χ2n) is 8.73. The van der Waals surface area contributed by atoms with Gasteiger partial charge >= 0.3 is 0 Å². The Kier molecular flexibility index (Phi) is 4.23. The lowest BCUT2D eigenvalue weighted by molar-refractivity contribution is -0.120. The summed E-state index contributed by atoms with van der Waals surface area (Å²) in [5, 5.41) is 11.8. The zero-order valence-electron chi connectivity index (χ0n) is 17.7. The molecule has 1 spiro atoms. The SMILES string of the molecule is O=C(CNc1cccc2c1CC(=O)N2)Nc1ccc2c(c1)CC1(C2)C(=O)Nc2ncccc21. The largest absolute Gasteiger partial charge is 0.376 e. The number of benzene rings is 2. The third kappa shape index (κ3) is 3.14. The maximum atomic E-state index is 12.9. The zero-order valence-corrected chi connectivity index (χ0v) is 17.7. The van der Waals surface area contributed by atoms with Crippen molar-refractivity contribution in [2.75, 3.05) is 27.8 Å². The van der Waals surface area contributed by atoms with E-state index in [2.05, 4.69) is 26.3 Å². The summed E-state index contributed by atoms with van der Waals surface area (Å²) >= 11 is 0. The van der Waals surface area contributed by atoms with Crippen molar-refractivity contribution in [2.24, 2.45) is 0 Å². The Morgan fingerprint density at radius 1 is 1.03 bits per heavy atom. The fourth-order valence-corrected chi connectivity index (χ4v) is 5.14. The number of nitrogens with zero attached hydrogens (tertiary/aromatic N) is 1. The second kappa shape index (κ2) is 7.16. The highest BCUT2D eigenvalue weighted by Crippen LogP contribution is 2.46. The van der Waals surface area contributed by atoms with E-state index in [-0.39, 0.29) is 24.3 Å². The van der Waals surface area contributed by atoms with Crippen molar-refractivity contribution in [3.05, 3.63) is 77.0 Å². The van der Waals surface area contributed by atoms with Crippen molar-refractivity contribution in [3.8, 4) is 0 Å². The first kappa shape index (κ1) is 19.5. The van der Waals surface area contributed by atoms with Crippen molar-refractivity contribution in [2.45, 2.75) is 24.7 Å². The van der Waals surface area contributed by atoms with Gasteiger partial charge in [0.2, 0.25) is 17.7 Å². The molecule has 0 saturated heterocycles. The summed E-state index contributed by atoms with van der Waals surface area (Å²) in [4.78, 5) is 41.4. The van der Waals surface area contributed by atoms with Crippen LogP contribution in [0.25, 0.3) is 0 Å². The van der Waals surface area contributed by atoms with Gasteiger partial charge in [0.25, 0.3) is 0 Å². The van der Waals surface area contributed by atoms with Gasteiger partial charge in [0.05, 0.1) is 18.4 Å². The number of carbonyl (C=O) groups excluding carboxylic acids is 3. The summed E-state index contributed by atoms with van der Waals surface area (Å²) < 4.78 is 0. The summed E-state index contributed by atoms with van der Waals surface area (Å²) in [5.41, 5.74) is 5.59. The molecular weight excluding hydrogens is 418 g/mol. The molecule has 1 unspecified atom stereocenters. The van der Waals surface area contributed by atoms with Crippen LogP contribution in [0.15, 0.2) is 54.7 Å². The van der Waals surface area contributed by atoms with E-state index >= 15 is 0 Å². The lowest BCUT2D eigenvalue weighted by atomic mass is 9.79. The molecule has 1 atom stereocenters. The minimum absolute atomic E-state index is 0.0226. The summed E-state index contributed by atoms with van der Waals surface area (Å²) in [5.74, 6) is 0.379. The van der Waals surface area contributed by atoms with Crippen LogP contribution in [0, 0.1) is 0 Å². The topological polar surface area (TPSA) is 112 Å². The Morgan fingerprint density at radius 3 is 2.82 bits per heavy atom. The predicted octanol–water partition coefficient (Wildman–Crippen LogP) is 2.62. The van der Waals surface area contributed by atoms with Crippen LogP contribution in [0.5, 0.6) is 0 Å². The smallest absolute Gasteiger partial charge is 0.243 e. The van der Waals surface area contributed by atoms with Crippen LogP contribution in [0.4, 0.5) is 22.9 Å². The van der Waals surface area contributed by atoms with Crippen molar-refractivity contribution in [1.82, 2.24) is 4.98 Å². The molecule has 1 aromatic heterocycles. The number of amides is 3. The van der Waals surface area contributed by atoms with Gasteiger partial charge in [-0.15, -0.1) is 0 Å². The Balaban J connectivity index is 1.15. The molecule has 0 saturated carbocycles. The quantitative estimate of drug-likeness (QED) is 0.499. The number of pyridine rings is 1. The van der Waals surface area contributed by atoms with Crippen molar-refractivity contribution in [1.29, 1.82) is 0 Å². The fourth-order valence-electron chi connectivity index (χ4n) is 5.14. The molecule has 6 rings (SSSR count). The van der Waals surface area contributed by atoms with E-state index in [4.69, 9.17) is 0 Å². The first-order chi connectivity index (χ1) is 16.0. The van der Waals surface area contributed by atoms with Crippen LogP contribution in [0.1, 0.15) is 22.3 Å². The molecule has 0 bridgehead atoms. The summed E-state index contributed by atoms with van der Waals surface area (Å²) in [6.45, 7) is 0.0765. The van der Waals surface area contributed by atoms with E-state index in [1.165, 1.54) is 0 Å². The van der Waals surface area contributed by atoms with Crippen LogP contribution in [0.2, 0.25) is 0 Å². The number of hydrogen-bond acceptors (Lipinski definition) is 5. The lowest BCUT2D eigenvalue weighted by Crippen LogP contribution is -2.35. The Bertz CT molecular complexity index is 1350. The van der Waals surface area contributed by atoms with Gasteiger partial charge in [0, 0.05) is 34.4 Å². The highest BCUT2D eigenvalue weighted by molar-refractivity contribution is 6.06. The third-order valence-corrected chi connectivity index (χ3v) is 6.69. The molecule has 164 valence electrons. The van der Waals surface area contributed by atoms with Crippen molar-refractivity contribution >= 4 is 40.6 Å². The molecule has 0 radical (unpaired) electrons. The van der Waals surface area contributed by atoms with Gasteiger partial charge < -0.3 is 21.3 Å². The molecular formula is C25H21N5O3. The van der Waals surface area contributed by atoms with Crippen LogP contribution >= 0.6 is 0 Å². The number of fused-ring (bicyclic) bond motifs is 4. The molecule has 2 aliphatic heterocycles. The van der Waals surface area contributed by atoms with Gasteiger partial charge in [-0.2, -0.15) is 0 Å². The molecule has 3 aliphatic rings. The van der Waals surface area contributed by atoms with Crippen LogP contribution in [0.3, 0.4) is 0 Å². The number of anilines is 4. The molecule has 4 N–H and O–H groups in total. The average molecular weight is 439 g/mol. The van der Waals surface area contributed by atoms with Gasteiger partial charge in [0.1, 0.15) is 5.82 Å². The van der Waals surface area contributed by atoms with Crippen molar-refractivity contribution in [3.63, 3.8) is 0 Å². The second-order valence-corrected chi connectivity index (χ2v) is 8.73. The predicted molar refractivity (Wildman–Crippen MR) is 124 cm³/mol.